The first-order valence-electron chi connectivity index (χ1n) is 6.63. The van der Waals surface area contributed by atoms with Gasteiger partial charge in [0.15, 0.2) is 0 Å². The molecule has 0 saturated heterocycles. The molecular formula is C14H23N3S. The summed E-state index contributed by atoms with van der Waals surface area (Å²) < 4.78 is 0. The van der Waals surface area contributed by atoms with Crippen molar-refractivity contribution in [2.24, 2.45) is 11.7 Å². The topological polar surface area (TPSA) is 42.1 Å². The van der Waals surface area contributed by atoms with Crippen LogP contribution in [0.1, 0.15) is 39.3 Å². The Labute approximate surface area is 115 Å². The second kappa shape index (κ2) is 7.31. The lowest BCUT2D eigenvalue weighted by atomic mass is 10.0. The normalized spacial score (nSPS) is 10.7. The van der Waals surface area contributed by atoms with Crippen molar-refractivity contribution in [1.82, 2.24) is 4.98 Å². The van der Waals surface area contributed by atoms with Gasteiger partial charge in [-0.3, -0.25) is 4.98 Å². The third kappa shape index (κ3) is 3.95. The SMILES string of the molecule is CCC(CC)CN(CC)c1ccc(C(N)=S)nc1. The Balaban J connectivity index is 2.78. The Morgan fingerprint density at radius 2 is 2.00 bits per heavy atom. The molecule has 0 aliphatic rings. The van der Waals surface area contributed by atoms with E-state index in [1.807, 2.05) is 18.3 Å². The van der Waals surface area contributed by atoms with E-state index in [0.717, 1.165) is 24.7 Å². The van der Waals surface area contributed by atoms with E-state index in [9.17, 15) is 0 Å². The van der Waals surface area contributed by atoms with Crippen LogP contribution in [-0.2, 0) is 0 Å². The summed E-state index contributed by atoms with van der Waals surface area (Å²) >= 11 is 4.91. The van der Waals surface area contributed by atoms with E-state index in [1.165, 1.54) is 12.8 Å². The van der Waals surface area contributed by atoms with Gasteiger partial charge in [0, 0.05) is 13.1 Å². The maximum Gasteiger partial charge on any atom is 0.122 e. The van der Waals surface area contributed by atoms with E-state index < -0.39 is 0 Å². The molecule has 0 aromatic carbocycles. The fraction of sp³-hybridized carbons (Fsp3) is 0.571. The third-order valence-electron chi connectivity index (χ3n) is 3.38. The van der Waals surface area contributed by atoms with E-state index in [2.05, 4.69) is 30.7 Å². The summed E-state index contributed by atoms with van der Waals surface area (Å²) in [4.78, 5) is 7.00. The predicted octanol–water partition coefficient (Wildman–Crippen LogP) is 2.98. The molecular weight excluding hydrogens is 242 g/mol. The van der Waals surface area contributed by atoms with Crippen molar-refractivity contribution < 1.29 is 0 Å². The molecule has 0 saturated carbocycles. The average molecular weight is 265 g/mol. The second-order valence-corrected chi connectivity index (χ2v) is 4.93. The van der Waals surface area contributed by atoms with E-state index in [4.69, 9.17) is 18.0 Å². The van der Waals surface area contributed by atoms with Crippen LogP contribution in [0.4, 0.5) is 5.69 Å². The number of pyridine rings is 1. The highest BCUT2D eigenvalue weighted by atomic mass is 32.1. The lowest BCUT2D eigenvalue weighted by molar-refractivity contribution is 0.486. The molecule has 0 fully saturated rings. The monoisotopic (exact) mass is 265 g/mol. The molecule has 0 aliphatic carbocycles. The number of nitrogens with two attached hydrogens (primary N) is 1. The maximum atomic E-state index is 5.55. The molecule has 3 nitrogen and oxygen atoms in total. The average Bonchev–Trinajstić information content (AvgIpc) is 2.40. The molecule has 1 heterocycles. The minimum absolute atomic E-state index is 0.351. The summed E-state index contributed by atoms with van der Waals surface area (Å²) in [7, 11) is 0. The van der Waals surface area contributed by atoms with Gasteiger partial charge < -0.3 is 10.6 Å². The molecule has 0 spiro atoms. The van der Waals surface area contributed by atoms with Gasteiger partial charge >= 0.3 is 0 Å². The van der Waals surface area contributed by atoms with E-state index in [1.54, 1.807) is 0 Å². The van der Waals surface area contributed by atoms with Crippen LogP contribution in [0.2, 0.25) is 0 Å². The van der Waals surface area contributed by atoms with Gasteiger partial charge in [-0.1, -0.05) is 38.9 Å². The number of hydrogen-bond donors (Lipinski definition) is 1. The summed E-state index contributed by atoms with van der Waals surface area (Å²) in [6.07, 6.45) is 4.29. The number of nitrogens with zero attached hydrogens (tertiary/aromatic N) is 2. The van der Waals surface area contributed by atoms with E-state index in [0.29, 0.717) is 10.7 Å². The van der Waals surface area contributed by atoms with Crippen molar-refractivity contribution in [3.63, 3.8) is 0 Å². The summed E-state index contributed by atoms with van der Waals surface area (Å²) in [5, 5.41) is 0. The number of rotatable bonds is 7. The zero-order chi connectivity index (χ0) is 13.5. The molecule has 1 rings (SSSR count). The molecule has 0 amide bonds. The molecule has 0 unspecified atom stereocenters. The van der Waals surface area contributed by atoms with Crippen LogP contribution in [0.25, 0.3) is 0 Å². The molecule has 4 heteroatoms. The Morgan fingerprint density at radius 3 is 2.39 bits per heavy atom. The van der Waals surface area contributed by atoms with Crippen LogP contribution in [0.15, 0.2) is 18.3 Å². The third-order valence-corrected chi connectivity index (χ3v) is 3.59. The first-order valence-corrected chi connectivity index (χ1v) is 7.03. The van der Waals surface area contributed by atoms with Gasteiger partial charge in [-0.25, -0.2) is 0 Å². The highest BCUT2D eigenvalue weighted by Gasteiger charge is 2.11. The molecule has 100 valence electrons. The minimum atomic E-state index is 0.351. The van der Waals surface area contributed by atoms with Crippen LogP contribution in [0.3, 0.4) is 0 Å². The predicted molar refractivity (Wildman–Crippen MR) is 82.1 cm³/mol. The molecule has 18 heavy (non-hydrogen) atoms. The summed E-state index contributed by atoms with van der Waals surface area (Å²) in [5.74, 6) is 0.736. The second-order valence-electron chi connectivity index (χ2n) is 4.49. The standard InChI is InChI=1S/C14H23N3S/c1-4-11(5-2)10-17(6-3)12-7-8-13(14(15)18)16-9-12/h7-9,11H,4-6,10H2,1-3H3,(H2,15,18). The molecule has 1 aromatic heterocycles. The van der Waals surface area contributed by atoms with Gasteiger partial charge in [-0.05, 0) is 25.0 Å². The molecule has 0 aliphatic heterocycles. The first kappa shape index (κ1) is 14.9. The van der Waals surface area contributed by atoms with Crippen molar-refractivity contribution in [2.75, 3.05) is 18.0 Å². The largest absolute Gasteiger partial charge is 0.388 e. The van der Waals surface area contributed by atoms with Gasteiger partial charge in [0.25, 0.3) is 0 Å². The molecule has 0 bridgehead atoms. The lowest BCUT2D eigenvalue weighted by Gasteiger charge is -2.27. The van der Waals surface area contributed by atoms with Gasteiger partial charge in [-0.2, -0.15) is 0 Å². The number of aromatic nitrogens is 1. The quantitative estimate of drug-likeness (QED) is 0.770. The molecule has 2 N–H and O–H groups in total. The maximum absolute atomic E-state index is 5.55. The van der Waals surface area contributed by atoms with Crippen LogP contribution >= 0.6 is 12.2 Å². The van der Waals surface area contributed by atoms with Gasteiger partial charge in [0.05, 0.1) is 17.6 Å². The van der Waals surface area contributed by atoms with Gasteiger partial charge in [-0.15, -0.1) is 0 Å². The van der Waals surface area contributed by atoms with Crippen molar-refractivity contribution in [3.05, 3.63) is 24.0 Å². The van der Waals surface area contributed by atoms with Crippen LogP contribution in [0.5, 0.6) is 0 Å². The number of anilines is 1. The highest BCUT2D eigenvalue weighted by molar-refractivity contribution is 7.80. The Hall–Kier alpha value is -1.16. The zero-order valence-corrected chi connectivity index (χ0v) is 12.3. The molecule has 0 radical (unpaired) electrons. The van der Waals surface area contributed by atoms with Crippen molar-refractivity contribution in [2.45, 2.75) is 33.6 Å². The van der Waals surface area contributed by atoms with Crippen LogP contribution in [-0.4, -0.2) is 23.1 Å². The van der Waals surface area contributed by atoms with Crippen molar-refractivity contribution in [3.8, 4) is 0 Å². The zero-order valence-electron chi connectivity index (χ0n) is 11.5. The van der Waals surface area contributed by atoms with Crippen LogP contribution < -0.4 is 10.6 Å². The van der Waals surface area contributed by atoms with Gasteiger partial charge in [0.1, 0.15) is 4.99 Å². The summed E-state index contributed by atoms with van der Waals surface area (Å²) in [5.41, 5.74) is 7.38. The Bertz CT molecular complexity index is 371. The number of thiocarbonyl (C=S) groups is 1. The fourth-order valence-electron chi connectivity index (χ4n) is 1.99. The van der Waals surface area contributed by atoms with Crippen molar-refractivity contribution in [1.29, 1.82) is 0 Å². The van der Waals surface area contributed by atoms with E-state index in [-0.39, 0.29) is 0 Å². The number of hydrogen-bond acceptors (Lipinski definition) is 3. The highest BCUT2D eigenvalue weighted by Crippen LogP contribution is 2.17. The summed E-state index contributed by atoms with van der Waals surface area (Å²) in [6.45, 7) is 8.73. The van der Waals surface area contributed by atoms with Crippen LogP contribution in [0, 0.1) is 5.92 Å². The van der Waals surface area contributed by atoms with E-state index >= 15 is 0 Å². The smallest absolute Gasteiger partial charge is 0.122 e. The molecule has 0 atom stereocenters. The van der Waals surface area contributed by atoms with Gasteiger partial charge in [0.2, 0.25) is 0 Å². The lowest BCUT2D eigenvalue weighted by Crippen LogP contribution is -2.29. The Kier molecular flexibility index (Phi) is 6.05. The van der Waals surface area contributed by atoms with Crippen molar-refractivity contribution >= 4 is 22.9 Å². The molecule has 1 aromatic rings. The fourth-order valence-corrected chi connectivity index (χ4v) is 2.12. The minimum Gasteiger partial charge on any atom is -0.388 e. The Morgan fingerprint density at radius 1 is 1.33 bits per heavy atom. The first-order chi connectivity index (χ1) is 8.62. The summed E-state index contributed by atoms with van der Waals surface area (Å²) in [6, 6.07) is 3.95.